The Kier molecular flexibility index (Phi) is 5.05. The lowest BCUT2D eigenvalue weighted by molar-refractivity contribution is 0.254. The molecule has 8 heteroatoms. The van der Waals surface area contributed by atoms with Crippen molar-refractivity contribution in [3.8, 4) is 11.5 Å². The van der Waals surface area contributed by atoms with Crippen molar-refractivity contribution >= 4 is 33.0 Å². The number of hydrogen-bond acceptors (Lipinski definition) is 5. The highest BCUT2D eigenvalue weighted by molar-refractivity contribution is 7.91. The van der Waals surface area contributed by atoms with Crippen molar-refractivity contribution in [2.45, 2.75) is 37.1 Å². The topological polar surface area (TPSA) is 64.6 Å². The van der Waals surface area contributed by atoms with Crippen molar-refractivity contribution in [1.29, 1.82) is 0 Å². The molecule has 1 N–H and O–H groups in total. The molecule has 1 aromatic heterocycles. The number of benzene rings is 1. The van der Waals surface area contributed by atoms with Gasteiger partial charge in [0.15, 0.2) is 0 Å². The second kappa shape index (κ2) is 6.92. The summed E-state index contributed by atoms with van der Waals surface area (Å²) in [7, 11) is -3.61. The van der Waals surface area contributed by atoms with E-state index in [1.807, 2.05) is 26.0 Å². The third-order valence-corrected chi connectivity index (χ3v) is 6.77. The predicted octanol–water partition coefficient (Wildman–Crippen LogP) is 3.60. The summed E-state index contributed by atoms with van der Waals surface area (Å²) in [5.41, 5.74) is 1.83. The molecule has 0 amide bonds. The minimum atomic E-state index is -3.61. The van der Waals surface area contributed by atoms with Crippen LogP contribution in [0.2, 0.25) is 4.34 Å². The Morgan fingerprint density at radius 2 is 2.21 bits per heavy atom. The van der Waals surface area contributed by atoms with Gasteiger partial charge in [-0.2, -0.15) is 0 Å². The molecule has 0 saturated carbocycles. The molecule has 1 atom stereocenters. The molecule has 3 rings (SSSR count). The maximum Gasteiger partial charge on any atom is 0.250 e. The van der Waals surface area contributed by atoms with Gasteiger partial charge in [-0.1, -0.05) is 11.6 Å². The van der Waals surface area contributed by atoms with Gasteiger partial charge in [0.1, 0.15) is 21.8 Å². The van der Waals surface area contributed by atoms with Gasteiger partial charge in [-0.15, -0.1) is 11.3 Å². The summed E-state index contributed by atoms with van der Waals surface area (Å²) < 4.78 is 39.3. The average Bonchev–Trinajstić information content (AvgIpc) is 3.10. The van der Waals surface area contributed by atoms with Gasteiger partial charge in [0.25, 0.3) is 0 Å². The molecule has 0 bridgehead atoms. The van der Waals surface area contributed by atoms with Crippen LogP contribution in [0.5, 0.6) is 11.5 Å². The first kappa shape index (κ1) is 17.5. The van der Waals surface area contributed by atoms with Crippen LogP contribution in [0.3, 0.4) is 0 Å². The molecule has 1 aromatic carbocycles. The smallest absolute Gasteiger partial charge is 0.250 e. The predicted molar refractivity (Wildman–Crippen MR) is 94.8 cm³/mol. The zero-order valence-electron chi connectivity index (χ0n) is 13.3. The fourth-order valence-corrected chi connectivity index (χ4v) is 5.13. The summed E-state index contributed by atoms with van der Waals surface area (Å²) >= 11 is 6.84. The molecule has 0 spiro atoms. The lowest BCUT2D eigenvalue weighted by Gasteiger charge is -2.13. The Morgan fingerprint density at radius 1 is 1.42 bits per heavy atom. The highest BCUT2D eigenvalue weighted by Gasteiger charge is 2.23. The number of nitrogens with one attached hydrogen (secondary N) is 1. The summed E-state index contributed by atoms with van der Waals surface area (Å²) in [6.07, 6.45) is 0.949. The van der Waals surface area contributed by atoms with Gasteiger partial charge in [-0.3, -0.25) is 0 Å². The first-order valence-electron chi connectivity index (χ1n) is 7.59. The van der Waals surface area contributed by atoms with Crippen LogP contribution in [0.1, 0.15) is 25.0 Å². The molecular weight excluding hydrogens is 370 g/mol. The Labute approximate surface area is 150 Å². The van der Waals surface area contributed by atoms with Gasteiger partial charge in [-0.05, 0) is 38.1 Å². The number of halogens is 1. The fraction of sp³-hybridized carbons (Fsp3) is 0.375. The SMILES string of the molecule is CCOc1cc2c(cc1CNS(=O)(=O)c1ccc(Cl)s1)O[C@H](C)C2. The normalized spacial score (nSPS) is 16.7. The average molecular weight is 388 g/mol. The van der Waals surface area contributed by atoms with E-state index in [0.29, 0.717) is 16.7 Å². The highest BCUT2D eigenvalue weighted by Crippen LogP contribution is 2.35. The van der Waals surface area contributed by atoms with E-state index in [-0.39, 0.29) is 16.9 Å². The second-order valence-electron chi connectivity index (χ2n) is 5.52. The van der Waals surface area contributed by atoms with E-state index in [1.165, 1.54) is 6.07 Å². The molecule has 130 valence electrons. The van der Waals surface area contributed by atoms with Gasteiger partial charge >= 0.3 is 0 Å². The molecule has 1 aliphatic rings. The number of ether oxygens (including phenoxy) is 2. The number of sulfonamides is 1. The van der Waals surface area contributed by atoms with E-state index in [2.05, 4.69) is 4.72 Å². The summed E-state index contributed by atoms with van der Waals surface area (Å²) in [4.78, 5) is 0. The Bertz CT molecular complexity index is 848. The van der Waals surface area contributed by atoms with Crippen molar-refractivity contribution in [3.05, 3.63) is 39.7 Å². The molecule has 1 aliphatic heterocycles. The van der Waals surface area contributed by atoms with Gasteiger partial charge < -0.3 is 9.47 Å². The molecule has 0 radical (unpaired) electrons. The quantitative estimate of drug-likeness (QED) is 0.822. The van der Waals surface area contributed by atoms with Crippen LogP contribution in [0, 0.1) is 0 Å². The van der Waals surface area contributed by atoms with Crippen LogP contribution in [0.4, 0.5) is 0 Å². The van der Waals surface area contributed by atoms with Crippen LogP contribution in [0.15, 0.2) is 28.5 Å². The largest absolute Gasteiger partial charge is 0.494 e. The zero-order valence-corrected chi connectivity index (χ0v) is 15.7. The first-order chi connectivity index (χ1) is 11.4. The molecule has 2 aromatic rings. The standard InChI is InChI=1S/C16H18ClNO4S2/c1-3-21-13-7-11-6-10(2)22-14(11)8-12(13)9-18-24(19,20)16-5-4-15(17)23-16/h4-5,7-8,10,18H,3,6,9H2,1-2H3/t10-/m1/s1. The molecule has 0 aliphatic carbocycles. The van der Waals surface area contributed by atoms with Crippen molar-refractivity contribution in [2.75, 3.05) is 6.61 Å². The van der Waals surface area contributed by atoms with Crippen LogP contribution >= 0.6 is 22.9 Å². The summed E-state index contributed by atoms with van der Waals surface area (Å²) in [6.45, 7) is 4.53. The Hall–Kier alpha value is -1.28. The van der Waals surface area contributed by atoms with Crippen molar-refractivity contribution in [3.63, 3.8) is 0 Å². The van der Waals surface area contributed by atoms with Crippen LogP contribution in [-0.4, -0.2) is 21.1 Å². The summed E-state index contributed by atoms with van der Waals surface area (Å²) in [5.74, 6) is 1.47. The highest BCUT2D eigenvalue weighted by atomic mass is 35.5. The van der Waals surface area contributed by atoms with Gasteiger partial charge in [0.2, 0.25) is 10.0 Å². The Morgan fingerprint density at radius 3 is 2.88 bits per heavy atom. The summed E-state index contributed by atoms with van der Waals surface area (Å²) in [5, 5.41) is 0. The molecule has 2 heterocycles. The first-order valence-corrected chi connectivity index (χ1v) is 10.3. The third kappa shape index (κ3) is 3.69. The third-order valence-electron chi connectivity index (χ3n) is 3.65. The van der Waals surface area contributed by atoms with E-state index in [0.717, 1.165) is 34.6 Å². The van der Waals surface area contributed by atoms with Crippen molar-refractivity contribution in [2.24, 2.45) is 0 Å². The second-order valence-corrected chi connectivity index (χ2v) is 9.23. The maximum atomic E-state index is 12.3. The van der Waals surface area contributed by atoms with Crippen molar-refractivity contribution in [1.82, 2.24) is 4.72 Å². The minimum Gasteiger partial charge on any atom is -0.494 e. The minimum absolute atomic E-state index is 0.120. The van der Waals surface area contributed by atoms with Crippen LogP contribution in [-0.2, 0) is 23.0 Å². The van der Waals surface area contributed by atoms with E-state index in [1.54, 1.807) is 6.07 Å². The van der Waals surface area contributed by atoms with E-state index in [9.17, 15) is 8.42 Å². The van der Waals surface area contributed by atoms with Gasteiger partial charge in [-0.25, -0.2) is 13.1 Å². The monoisotopic (exact) mass is 387 g/mol. The lowest BCUT2D eigenvalue weighted by Crippen LogP contribution is -2.22. The zero-order chi connectivity index (χ0) is 17.3. The van der Waals surface area contributed by atoms with Crippen LogP contribution < -0.4 is 14.2 Å². The number of fused-ring (bicyclic) bond motifs is 1. The molecular formula is C16H18ClNO4S2. The summed E-state index contributed by atoms with van der Waals surface area (Å²) in [6, 6.07) is 6.85. The number of thiophene rings is 1. The maximum absolute atomic E-state index is 12.3. The number of hydrogen-bond donors (Lipinski definition) is 1. The van der Waals surface area contributed by atoms with E-state index >= 15 is 0 Å². The fourth-order valence-electron chi connectivity index (χ4n) is 2.60. The van der Waals surface area contributed by atoms with Gasteiger partial charge in [0.05, 0.1) is 10.9 Å². The molecule has 5 nitrogen and oxygen atoms in total. The Balaban J connectivity index is 1.83. The molecule has 0 fully saturated rings. The lowest BCUT2D eigenvalue weighted by atomic mass is 10.1. The molecule has 0 unspecified atom stereocenters. The number of rotatable bonds is 6. The van der Waals surface area contributed by atoms with Crippen molar-refractivity contribution < 1.29 is 17.9 Å². The van der Waals surface area contributed by atoms with Gasteiger partial charge in [0, 0.05) is 24.1 Å². The molecule has 0 saturated heterocycles. The van der Waals surface area contributed by atoms with E-state index < -0.39 is 10.0 Å². The van der Waals surface area contributed by atoms with E-state index in [4.69, 9.17) is 21.1 Å². The molecule has 24 heavy (non-hydrogen) atoms. The van der Waals surface area contributed by atoms with Crippen LogP contribution in [0.25, 0.3) is 0 Å².